The molecule has 0 radical (unpaired) electrons. The maximum Gasteiger partial charge on any atom is 0.275 e. The van der Waals surface area contributed by atoms with Crippen molar-refractivity contribution in [1.82, 2.24) is 19.5 Å². The van der Waals surface area contributed by atoms with Crippen LogP contribution in [0.25, 0.3) is 10.9 Å². The lowest BCUT2D eigenvalue weighted by Gasteiger charge is -2.35. The Morgan fingerprint density at radius 1 is 0.972 bits per heavy atom. The summed E-state index contributed by atoms with van der Waals surface area (Å²) in [7, 11) is 0. The van der Waals surface area contributed by atoms with Crippen LogP contribution in [0.3, 0.4) is 0 Å². The van der Waals surface area contributed by atoms with Gasteiger partial charge in [-0.2, -0.15) is 0 Å². The fourth-order valence-electron chi connectivity index (χ4n) is 5.68. The number of hydrogen-bond acceptors (Lipinski definition) is 8. The Balaban J connectivity index is 0.995. The van der Waals surface area contributed by atoms with Crippen LogP contribution in [0.15, 0.2) is 41.2 Å². The molecule has 2 fully saturated rings. The summed E-state index contributed by atoms with van der Waals surface area (Å²) in [6.07, 6.45) is 4.57. The summed E-state index contributed by atoms with van der Waals surface area (Å²) in [5, 5.41) is 1.18. The average molecular weight is 491 g/mol. The Morgan fingerprint density at radius 3 is 2.61 bits per heavy atom. The third-order valence-electron chi connectivity index (χ3n) is 7.77. The van der Waals surface area contributed by atoms with E-state index >= 15 is 0 Å². The van der Waals surface area contributed by atoms with Crippen LogP contribution in [-0.4, -0.2) is 71.3 Å². The van der Waals surface area contributed by atoms with E-state index in [1.54, 1.807) is 0 Å². The first kappa shape index (κ1) is 23.4. The normalized spacial score (nSPS) is 19.7. The number of fused-ring (bicyclic) bond motifs is 2. The highest BCUT2D eigenvalue weighted by molar-refractivity contribution is 5.80. The molecular formula is C27H34N6O3. The summed E-state index contributed by atoms with van der Waals surface area (Å²) < 4.78 is 12.8. The molecule has 1 spiro atoms. The molecule has 2 aliphatic heterocycles. The predicted octanol–water partition coefficient (Wildman–Crippen LogP) is 1.88. The van der Waals surface area contributed by atoms with Gasteiger partial charge in [-0.3, -0.25) is 9.69 Å². The largest absolute Gasteiger partial charge is 0.354 e. The maximum atomic E-state index is 12.9. The summed E-state index contributed by atoms with van der Waals surface area (Å²) >= 11 is 0. The first-order chi connectivity index (χ1) is 17.6. The third-order valence-corrected chi connectivity index (χ3v) is 7.77. The minimum atomic E-state index is -0.656. The van der Waals surface area contributed by atoms with Crippen LogP contribution in [0.5, 0.6) is 0 Å². The fourth-order valence-corrected chi connectivity index (χ4v) is 5.68. The van der Waals surface area contributed by atoms with Crippen molar-refractivity contribution in [2.24, 2.45) is 0 Å². The lowest BCUT2D eigenvalue weighted by molar-refractivity contribution is -0.164. The van der Waals surface area contributed by atoms with Crippen molar-refractivity contribution >= 4 is 16.7 Å². The number of pyridine rings is 1. The number of rotatable bonds is 6. The van der Waals surface area contributed by atoms with Gasteiger partial charge in [0.2, 0.25) is 0 Å². The molecule has 190 valence electrons. The first-order valence-corrected chi connectivity index (χ1v) is 13.1. The van der Waals surface area contributed by atoms with Crippen molar-refractivity contribution in [3.63, 3.8) is 0 Å². The third kappa shape index (κ3) is 4.58. The van der Waals surface area contributed by atoms with Crippen molar-refractivity contribution in [2.75, 3.05) is 56.7 Å². The second kappa shape index (κ2) is 9.80. The van der Waals surface area contributed by atoms with Gasteiger partial charge in [-0.1, -0.05) is 18.2 Å². The number of hydrogen-bond donors (Lipinski definition) is 1. The predicted molar refractivity (Wildman–Crippen MR) is 139 cm³/mol. The van der Waals surface area contributed by atoms with E-state index in [-0.39, 0.29) is 5.56 Å². The van der Waals surface area contributed by atoms with Gasteiger partial charge in [-0.05, 0) is 44.0 Å². The number of para-hydroxylation sites is 1. The second-order valence-electron chi connectivity index (χ2n) is 10.1. The number of anilines is 1. The van der Waals surface area contributed by atoms with E-state index in [1.165, 1.54) is 10.1 Å². The van der Waals surface area contributed by atoms with Gasteiger partial charge in [0.1, 0.15) is 11.6 Å². The molecule has 6 rings (SSSR count). The van der Waals surface area contributed by atoms with Crippen molar-refractivity contribution in [2.45, 2.75) is 44.3 Å². The molecule has 2 saturated heterocycles. The quantitative estimate of drug-likeness (QED) is 0.413. The fraction of sp³-hybridized carbons (Fsp3) is 0.519. The van der Waals surface area contributed by atoms with Crippen LogP contribution in [0.2, 0.25) is 0 Å². The monoisotopic (exact) mass is 490 g/mol. The van der Waals surface area contributed by atoms with Crippen LogP contribution < -0.4 is 16.3 Å². The number of aromatic nitrogens is 3. The van der Waals surface area contributed by atoms with Gasteiger partial charge in [0.05, 0.1) is 24.4 Å². The number of piperazine rings is 1. The van der Waals surface area contributed by atoms with E-state index in [0.29, 0.717) is 43.9 Å². The van der Waals surface area contributed by atoms with Crippen LogP contribution in [-0.2, 0) is 28.7 Å². The van der Waals surface area contributed by atoms with Crippen molar-refractivity contribution < 1.29 is 9.47 Å². The van der Waals surface area contributed by atoms with E-state index in [1.807, 2.05) is 12.1 Å². The van der Waals surface area contributed by atoms with Crippen molar-refractivity contribution in [3.05, 3.63) is 63.8 Å². The SMILES string of the molecule is Nn1c(CCCCN2CCN(c3ccc4ccccc4n3)CC2)nc2c(c1=O)CC1(CC2)OCCO1. The molecule has 2 aromatic heterocycles. The zero-order valence-corrected chi connectivity index (χ0v) is 20.7. The number of nitrogens with zero attached hydrogens (tertiary/aromatic N) is 5. The van der Waals surface area contributed by atoms with E-state index in [0.717, 1.165) is 69.0 Å². The standard InChI is InChI=1S/C27H34N6O3/c28-33-25(30-23-10-11-27(35-17-18-36-27)19-21(23)26(33)34)7-3-4-12-31-13-15-32(16-14-31)24-9-8-20-5-1-2-6-22(20)29-24/h1-2,5-6,8-9H,3-4,7,10-19,28H2. The molecule has 9 nitrogen and oxygen atoms in total. The Kier molecular flexibility index (Phi) is 6.37. The summed E-state index contributed by atoms with van der Waals surface area (Å²) in [5.74, 6) is 7.24. The van der Waals surface area contributed by atoms with Crippen LogP contribution in [0, 0.1) is 0 Å². The molecule has 2 N–H and O–H groups in total. The van der Waals surface area contributed by atoms with Crippen LogP contribution in [0.4, 0.5) is 5.82 Å². The van der Waals surface area contributed by atoms with Crippen molar-refractivity contribution in [1.29, 1.82) is 0 Å². The Bertz CT molecular complexity index is 1290. The first-order valence-electron chi connectivity index (χ1n) is 13.1. The number of ether oxygens (including phenoxy) is 2. The molecule has 3 aromatic rings. The highest BCUT2D eigenvalue weighted by Gasteiger charge is 2.41. The minimum Gasteiger partial charge on any atom is -0.354 e. The Hall–Kier alpha value is -3.01. The van der Waals surface area contributed by atoms with Crippen LogP contribution >= 0.6 is 0 Å². The van der Waals surface area contributed by atoms with E-state index in [9.17, 15) is 4.79 Å². The van der Waals surface area contributed by atoms with Gasteiger partial charge in [-0.25, -0.2) is 14.6 Å². The number of unbranched alkanes of at least 4 members (excludes halogenated alkanes) is 1. The molecule has 1 aliphatic carbocycles. The maximum absolute atomic E-state index is 12.9. The zero-order valence-electron chi connectivity index (χ0n) is 20.7. The Morgan fingerprint density at radius 2 is 1.78 bits per heavy atom. The van der Waals surface area contributed by atoms with Crippen molar-refractivity contribution in [3.8, 4) is 0 Å². The van der Waals surface area contributed by atoms with E-state index in [2.05, 4.69) is 34.1 Å². The van der Waals surface area contributed by atoms with Gasteiger partial charge >= 0.3 is 0 Å². The number of aryl methyl sites for hydroxylation is 2. The molecule has 0 bridgehead atoms. The molecule has 9 heteroatoms. The highest BCUT2D eigenvalue weighted by Crippen LogP contribution is 2.33. The molecule has 36 heavy (non-hydrogen) atoms. The molecule has 1 aromatic carbocycles. The molecule has 0 atom stereocenters. The molecule has 4 heterocycles. The van der Waals surface area contributed by atoms with Gasteiger partial charge < -0.3 is 20.2 Å². The summed E-state index contributed by atoms with van der Waals surface area (Å²) in [4.78, 5) is 27.4. The minimum absolute atomic E-state index is 0.161. The lowest BCUT2D eigenvalue weighted by Crippen LogP contribution is -2.47. The zero-order chi connectivity index (χ0) is 24.5. The van der Waals surface area contributed by atoms with Crippen LogP contribution in [0.1, 0.15) is 36.3 Å². The topological polar surface area (TPSA) is 98.7 Å². The number of benzene rings is 1. The summed E-state index contributed by atoms with van der Waals surface area (Å²) in [6, 6.07) is 12.5. The second-order valence-corrected chi connectivity index (χ2v) is 10.1. The highest BCUT2D eigenvalue weighted by atomic mass is 16.7. The molecular weight excluding hydrogens is 456 g/mol. The molecule has 0 unspecified atom stereocenters. The van der Waals surface area contributed by atoms with E-state index < -0.39 is 5.79 Å². The van der Waals surface area contributed by atoms with Gasteiger partial charge in [0, 0.05) is 56.4 Å². The smallest absolute Gasteiger partial charge is 0.275 e. The summed E-state index contributed by atoms with van der Waals surface area (Å²) in [5.41, 5.74) is 2.39. The lowest BCUT2D eigenvalue weighted by atomic mass is 9.91. The summed E-state index contributed by atoms with van der Waals surface area (Å²) in [6.45, 7) is 6.21. The Labute approximate surface area is 210 Å². The van der Waals surface area contributed by atoms with Gasteiger partial charge in [0.15, 0.2) is 5.79 Å². The average Bonchev–Trinajstić information content (AvgIpc) is 3.37. The molecule has 3 aliphatic rings. The molecule has 0 saturated carbocycles. The van der Waals surface area contributed by atoms with Gasteiger partial charge in [0.25, 0.3) is 5.56 Å². The number of nitrogens with two attached hydrogens (primary N) is 1. The van der Waals surface area contributed by atoms with E-state index in [4.69, 9.17) is 25.3 Å². The molecule has 0 amide bonds. The van der Waals surface area contributed by atoms with Gasteiger partial charge in [-0.15, -0.1) is 0 Å². The number of nitrogen functional groups attached to an aromatic ring is 1.